The van der Waals surface area contributed by atoms with E-state index < -0.39 is 18.6 Å². The Morgan fingerprint density at radius 1 is 0.978 bits per heavy atom. The first-order chi connectivity index (χ1) is 21.7. The Hall–Kier alpha value is -4.60. The van der Waals surface area contributed by atoms with Gasteiger partial charge in [-0.15, -0.1) is 0 Å². The lowest BCUT2D eigenvalue weighted by Gasteiger charge is -2.35. The molecule has 0 spiro atoms. The molecule has 45 heavy (non-hydrogen) atoms. The van der Waals surface area contributed by atoms with Gasteiger partial charge in [0.15, 0.2) is 0 Å². The maximum atomic E-state index is 15.6. The van der Waals surface area contributed by atoms with Crippen LogP contribution in [0.1, 0.15) is 53.5 Å². The number of nitrogens with one attached hydrogen (secondary N) is 1. The molecule has 3 heterocycles. The third kappa shape index (κ3) is 6.90. The van der Waals surface area contributed by atoms with Crippen molar-refractivity contribution in [2.75, 3.05) is 24.5 Å². The first-order valence-electron chi connectivity index (χ1n) is 15.2. The summed E-state index contributed by atoms with van der Waals surface area (Å²) < 4.78 is 51.6. The predicted octanol–water partition coefficient (Wildman–Crippen LogP) is 6.35. The van der Waals surface area contributed by atoms with Crippen molar-refractivity contribution in [3.63, 3.8) is 0 Å². The van der Waals surface area contributed by atoms with Crippen molar-refractivity contribution in [1.29, 1.82) is 0 Å². The second-order valence-corrected chi connectivity index (χ2v) is 11.9. The lowest BCUT2D eigenvalue weighted by molar-refractivity contribution is -0.136. The number of hydrogen-bond acceptors (Lipinski definition) is 5. The van der Waals surface area contributed by atoms with Gasteiger partial charge in [0.1, 0.15) is 12.4 Å². The Balaban J connectivity index is 1.09. The van der Waals surface area contributed by atoms with Crippen molar-refractivity contribution < 1.29 is 32.3 Å². The monoisotopic (exact) mass is 617 g/mol. The smallest absolute Gasteiger partial charge is 0.410 e. The van der Waals surface area contributed by atoms with Gasteiger partial charge < -0.3 is 9.64 Å². The third-order valence-electron chi connectivity index (χ3n) is 8.72. The van der Waals surface area contributed by atoms with Crippen LogP contribution in [0.4, 0.5) is 23.7 Å². The molecule has 1 atom stereocenters. The fourth-order valence-electron chi connectivity index (χ4n) is 6.39. The van der Waals surface area contributed by atoms with E-state index in [9.17, 15) is 14.4 Å². The van der Waals surface area contributed by atoms with E-state index in [-0.39, 0.29) is 48.7 Å². The summed E-state index contributed by atoms with van der Waals surface area (Å²) in [5.74, 6) is -4.59. The summed E-state index contributed by atoms with van der Waals surface area (Å²) in [5.41, 5.74) is 3.68. The van der Waals surface area contributed by atoms with Crippen LogP contribution in [0.15, 0.2) is 72.3 Å². The molecule has 0 aliphatic carbocycles. The molecular formula is C35H34F3N3O4. The van der Waals surface area contributed by atoms with Crippen molar-refractivity contribution in [3.05, 3.63) is 106 Å². The summed E-state index contributed by atoms with van der Waals surface area (Å²) in [5, 5.41) is 2.34. The van der Waals surface area contributed by atoms with E-state index in [1.54, 1.807) is 36.4 Å². The van der Waals surface area contributed by atoms with Gasteiger partial charge in [0.25, 0.3) is 5.92 Å². The van der Waals surface area contributed by atoms with Crippen molar-refractivity contribution in [2.45, 2.75) is 51.2 Å². The van der Waals surface area contributed by atoms with Crippen molar-refractivity contribution in [3.8, 4) is 0 Å². The van der Waals surface area contributed by atoms with Gasteiger partial charge in [0.05, 0.1) is 12.2 Å². The molecule has 1 unspecified atom stereocenters. The van der Waals surface area contributed by atoms with Crippen molar-refractivity contribution in [2.24, 2.45) is 5.92 Å². The summed E-state index contributed by atoms with van der Waals surface area (Å²) in [6.45, 7) is 0.333. The molecule has 7 nitrogen and oxygen atoms in total. The maximum absolute atomic E-state index is 15.6. The fourth-order valence-corrected chi connectivity index (χ4v) is 6.39. The number of nitrogens with zero attached hydrogens (tertiary/aromatic N) is 2. The van der Waals surface area contributed by atoms with Crippen LogP contribution < -0.4 is 10.2 Å². The van der Waals surface area contributed by atoms with E-state index in [0.717, 1.165) is 16.0 Å². The van der Waals surface area contributed by atoms with Crippen molar-refractivity contribution in [1.82, 2.24) is 10.2 Å². The van der Waals surface area contributed by atoms with Gasteiger partial charge in [-0.2, -0.15) is 8.78 Å². The second kappa shape index (κ2) is 12.8. The molecule has 2 fully saturated rings. The van der Waals surface area contributed by atoms with Crippen LogP contribution in [0, 0.1) is 11.7 Å². The number of hydrogen-bond donors (Lipinski definition) is 1. The first kappa shape index (κ1) is 30.4. The number of rotatable bonds is 6. The largest absolute Gasteiger partial charge is 0.445 e. The Bertz CT molecular complexity index is 1630. The fraction of sp³-hybridized carbons (Fsp3) is 0.343. The standard InChI is InChI=1S/C35H34F3N3O4/c36-29-19-25(18-27-10-12-31(42)39-33(27)43)9-11-30(29)40-15-13-23(14-16-40)17-26-7-4-8-28-20-41(22-35(37,38)32(26)28)34(44)45-21-24-5-2-1-3-6-24/h1-9,11,17,19,27H,10,12-16,18,20-22H2,(H,39,42,43). The molecule has 0 aromatic heterocycles. The van der Waals surface area contributed by atoms with Crippen LogP contribution in [0.5, 0.6) is 0 Å². The number of anilines is 1. The number of carbonyl (C=O) groups excluding carboxylic acids is 3. The SMILES string of the molecule is O=C1CCC(Cc2ccc(N3CCC(=Cc4cccc5c4C(F)(F)CN(C(=O)OCc4ccccc4)C5)CC3)c(F)c2)C(=O)N1. The predicted molar refractivity (Wildman–Crippen MR) is 163 cm³/mol. The third-order valence-corrected chi connectivity index (χ3v) is 8.72. The number of fused-ring (bicyclic) bond motifs is 1. The van der Waals surface area contributed by atoms with Crippen LogP contribution in [0.3, 0.4) is 0 Å². The average molecular weight is 618 g/mol. The Kier molecular flexibility index (Phi) is 8.65. The maximum Gasteiger partial charge on any atom is 0.410 e. The molecule has 3 aliphatic heterocycles. The van der Waals surface area contributed by atoms with Gasteiger partial charge >= 0.3 is 6.09 Å². The number of ether oxygens (including phenoxy) is 1. The number of imide groups is 1. The molecule has 3 aromatic carbocycles. The lowest BCUT2D eigenvalue weighted by atomic mass is 9.89. The number of halogens is 3. The zero-order chi connectivity index (χ0) is 31.6. The second-order valence-electron chi connectivity index (χ2n) is 11.9. The topological polar surface area (TPSA) is 79.0 Å². The van der Waals surface area contributed by atoms with Gasteiger partial charge in [0.2, 0.25) is 11.8 Å². The highest BCUT2D eigenvalue weighted by Gasteiger charge is 2.43. The van der Waals surface area contributed by atoms with Gasteiger partial charge in [0, 0.05) is 37.5 Å². The summed E-state index contributed by atoms with van der Waals surface area (Å²) in [7, 11) is 0. The molecule has 10 heteroatoms. The van der Waals surface area contributed by atoms with Gasteiger partial charge in [-0.3, -0.25) is 19.8 Å². The zero-order valence-corrected chi connectivity index (χ0v) is 24.7. The number of alkyl halides is 2. The number of benzene rings is 3. The highest BCUT2D eigenvalue weighted by Crippen LogP contribution is 2.40. The molecule has 0 bridgehead atoms. The van der Waals surface area contributed by atoms with Crippen LogP contribution in [-0.2, 0) is 39.8 Å². The minimum absolute atomic E-state index is 0.00810. The minimum atomic E-state index is -3.26. The summed E-state index contributed by atoms with van der Waals surface area (Å²) >= 11 is 0. The molecule has 1 N–H and O–H groups in total. The van der Waals surface area contributed by atoms with Crippen molar-refractivity contribution >= 4 is 29.7 Å². The number of carbonyl (C=O) groups is 3. The van der Waals surface area contributed by atoms with Gasteiger partial charge in [-0.25, -0.2) is 9.18 Å². The average Bonchev–Trinajstić information content (AvgIpc) is 3.02. The highest BCUT2D eigenvalue weighted by molar-refractivity contribution is 5.98. The lowest BCUT2D eigenvalue weighted by Crippen LogP contribution is -2.44. The molecule has 3 aliphatic rings. The van der Waals surface area contributed by atoms with E-state index in [1.165, 1.54) is 6.07 Å². The summed E-state index contributed by atoms with van der Waals surface area (Å²) in [6, 6.07) is 19.1. The molecule has 0 radical (unpaired) electrons. The van der Waals surface area contributed by atoms with E-state index in [1.807, 2.05) is 35.2 Å². The highest BCUT2D eigenvalue weighted by atomic mass is 19.3. The molecule has 6 rings (SSSR count). The molecule has 0 saturated carbocycles. The summed E-state index contributed by atoms with van der Waals surface area (Å²) in [6.07, 6.45) is 3.30. The van der Waals surface area contributed by atoms with Crippen LogP contribution >= 0.6 is 0 Å². The molecular weight excluding hydrogens is 583 g/mol. The first-order valence-corrected chi connectivity index (χ1v) is 15.2. The number of piperidine rings is 2. The normalized spacial score (nSPS) is 19.5. The molecule has 234 valence electrons. The van der Waals surface area contributed by atoms with E-state index in [2.05, 4.69) is 5.32 Å². The van der Waals surface area contributed by atoms with Crippen LogP contribution in [-0.4, -0.2) is 42.4 Å². The van der Waals surface area contributed by atoms with Crippen LogP contribution in [0.2, 0.25) is 0 Å². The van der Waals surface area contributed by atoms with Gasteiger partial charge in [-0.1, -0.05) is 66.2 Å². The Morgan fingerprint density at radius 3 is 2.49 bits per heavy atom. The quantitative estimate of drug-likeness (QED) is 0.326. The van der Waals surface area contributed by atoms with Crippen LogP contribution in [0.25, 0.3) is 6.08 Å². The molecule has 3 amide bonds. The summed E-state index contributed by atoms with van der Waals surface area (Å²) in [4.78, 5) is 39.2. The van der Waals surface area contributed by atoms with E-state index in [0.29, 0.717) is 61.2 Å². The Labute approximate surface area is 259 Å². The van der Waals surface area contributed by atoms with E-state index >= 15 is 13.2 Å². The Morgan fingerprint density at radius 2 is 1.76 bits per heavy atom. The minimum Gasteiger partial charge on any atom is -0.445 e. The molecule has 2 saturated heterocycles. The number of amides is 3. The zero-order valence-electron chi connectivity index (χ0n) is 24.7. The van der Waals surface area contributed by atoms with Gasteiger partial charge in [-0.05, 0) is 60.1 Å². The molecule has 3 aromatic rings. The van der Waals surface area contributed by atoms with E-state index in [4.69, 9.17) is 4.74 Å².